The first-order chi connectivity index (χ1) is 4.72. The Balaban J connectivity index is 3.15. The summed E-state index contributed by atoms with van der Waals surface area (Å²) >= 11 is 0. The van der Waals surface area contributed by atoms with Crippen LogP contribution in [0.15, 0.2) is 18.5 Å². The number of hydrogen-bond donors (Lipinski definition) is 1. The number of rotatable bonds is 1. The zero-order valence-electron chi connectivity index (χ0n) is 5.53. The summed E-state index contributed by atoms with van der Waals surface area (Å²) in [7, 11) is 0. The molecule has 0 unspecified atom stereocenters. The molecular weight excluding hydrogens is 130 g/mol. The van der Waals surface area contributed by atoms with Crippen LogP contribution in [0.2, 0.25) is 0 Å². The molecule has 1 N–H and O–H groups in total. The summed E-state index contributed by atoms with van der Waals surface area (Å²) in [6, 6.07) is 1.48. The second-order valence-corrected chi connectivity index (χ2v) is 1.95. The lowest BCUT2D eigenvalue weighted by Gasteiger charge is -1.95. The second-order valence-electron chi connectivity index (χ2n) is 1.95. The largest absolute Gasteiger partial charge is 0.506 e. The summed E-state index contributed by atoms with van der Waals surface area (Å²) in [5, 5.41) is 9.00. The number of aromatic hydroxyl groups is 1. The van der Waals surface area contributed by atoms with E-state index in [1.807, 2.05) is 0 Å². The molecule has 52 valence electrons. The quantitative estimate of drug-likeness (QED) is 0.587. The van der Waals surface area contributed by atoms with Crippen LogP contribution in [0.4, 0.5) is 0 Å². The maximum absolute atomic E-state index is 10.7. The summed E-state index contributed by atoms with van der Waals surface area (Å²) in [6.07, 6.45) is 2.72. The average Bonchev–Trinajstić information content (AvgIpc) is 1.88. The van der Waals surface area contributed by atoms with Crippen LogP contribution in [0.25, 0.3) is 0 Å². The molecular formula is C7H7NO2. The van der Waals surface area contributed by atoms with E-state index >= 15 is 0 Å². The third-order valence-corrected chi connectivity index (χ3v) is 1.18. The monoisotopic (exact) mass is 137 g/mol. The van der Waals surface area contributed by atoms with Crippen LogP contribution in [-0.2, 0) is 0 Å². The lowest BCUT2D eigenvalue weighted by atomic mass is 10.2. The molecule has 0 radical (unpaired) electrons. The van der Waals surface area contributed by atoms with Crippen molar-refractivity contribution in [2.45, 2.75) is 6.92 Å². The van der Waals surface area contributed by atoms with Crippen LogP contribution in [0.5, 0.6) is 5.75 Å². The highest BCUT2D eigenvalue weighted by Crippen LogP contribution is 2.13. The normalized spacial score (nSPS) is 9.30. The molecule has 1 aromatic rings. The van der Waals surface area contributed by atoms with Crippen LogP contribution in [0.1, 0.15) is 17.3 Å². The highest BCUT2D eigenvalue weighted by atomic mass is 16.3. The zero-order chi connectivity index (χ0) is 7.56. The number of hydrogen-bond acceptors (Lipinski definition) is 3. The highest BCUT2D eigenvalue weighted by molar-refractivity contribution is 5.96. The summed E-state index contributed by atoms with van der Waals surface area (Å²) in [4.78, 5) is 14.3. The summed E-state index contributed by atoms with van der Waals surface area (Å²) in [6.45, 7) is 1.40. The SMILES string of the molecule is CC(=O)c1ccncc1O. The Morgan fingerprint density at radius 1 is 1.70 bits per heavy atom. The molecule has 3 heteroatoms. The Labute approximate surface area is 58.3 Å². The third-order valence-electron chi connectivity index (χ3n) is 1.18. The van der Waals surface area contributed by atoms with Crippen molar-refractivity contribution >= 4 is 5.78 Å². The van der Waals surface area contributed by atoms with E-state index < -0.39 is 0 Å². The number of Topliss-reactive ketones (excluding diaryl/α,β-unsaturated/α-hetero) is 1. The summed E-state index contributed by atoms with van der Waals surface area (Å²) in [5.74, 6) is -0.213. The molecule has 0 aliphatic heterocycles. The fourth-order valence-electron chi connectivity index (χ4n) is 0.684. The van der Waals surface area contributed by atoms with Crippen molar-refractivity contribution in [3.8, 4) is 5.75 Å². The van der Waals surface area contributed by atoms with Gasteiger partial charge in [0.25, 0.3) is 0 Å². The van der Waals surface area contributed by atoms with E-state index in [0.717, 1.165) is 0 Å². The second kappa shape index (κ2) is 2.47. The van der Waals surface area contributed by atoms with E-state index in [-0.39, 0.29) is 11.5 Å². The molecule has 0 spiro atoms. The van der Waals surface area contributed by atoms with E-state index in [1.165, 1.54) is 25.4 Å². The number of nitrogens with zero attached hydrogens (tertiary/aromatic N) is 1. The van der Waals surface area contributed by atoms with Gasteiger partial charge in [0.2, 0.25) is 0 Å². The smallest absolute Gasteiger partial charge is 0.163 e. The lowest BCUT2D eigenvalue weighted by Crippen LogP contribution is -1.91. The van der Waals surface area contributed by atoms with Gasteiger partial charge < -0.3 is 5.11 Å². The number of pyridine rings is 1. The van der Waals surface area contributed by atoms with E-state index in [4.69, 9.17) is 5.11 Å². The molecule has 0 saturated carbocycles. The maximum Gasteiger partial charge on any atom is 0.163 e. The van der Waals surface area contributed by atoms with Gasteiger partial charge in [-0.3, -0.25) is 9.78 Å². The third kappa shape index (κ3) is 1.13. The highest BCUT2D eigenvalue weighted by Gasteiger charge is 2.03. The van der Waals surface area contributed by atoms with Crippen LogP contribution >= 0.6 is 0 Å². The van der Waals surface area contributed by atoms with Gasteiger partial charge in [-0.05, 0) is 13.0 Å². The molecule has 10 heavy (non-hydrogen) atoms. The molecule has 0 aromatic carbocycles. The number of ketones is 1. The zero-order valence-corrected chi connectivity index (χ0v) is 5.53. The van der Waals surface area contributed by atoms with Gasteiger partial charge in [-0.2, -0.15) is 0 Å². The van der Waals surface area contributed by atoms with Gasteiger partial charge in [-0.25, -0.2) is 0 Å². The van der Waals surface area contributed by atoms with Crippen molar-refractivity contribution in [3.05, 3.63) is 24.0 Å². The van der Waals surface area contributed by atoms with Crippen LogP contribution in [0, 0.1) is 0 Å². The molecule has 0 aliphatic rings. The van der Waals surface area contributed by atoms with Crippen molar-refractivity contribution < 1.29 is 9.90 Å². The van der Waals surface area contributed by atoms with Crippen molar-refractivity contribution in [1.29, 1.82) is 0 Å². The van der Waals surface area contributed by atoms with Crippen molar-refractivity contribution in [2.24, 2.45) is 0 Å². The number of carbonyl (C=O) groups excluding carboxylic acids is 1. The molecule has 0 saturated heterocycles. The molecule has 0 bridgehead atoms. The van der Waals surface area contributed by atoms with E-state index in [9.17, 15) is 4.79 Å². The minimum absolute atomic E-state index is 0.0602. The topological polar surface area (TPSA) is 50.2 Å². The van der Waals surface area contributed by atoms with Crippen LogP contribution in [-0.4, -0.2) is 15.9 Å². The molecule has 1 rings (SSSR count). The van der Waals surface area contributed by atoms with Gasteiger partial charge in [0, 0.05) is 6.20 Å². The van der Waals surface area contributed by atoms with Crippen molar-refractivity contribution in [2.75, 3.05) is 0 Å². The van der Waals surface area contributed by atoms with Crippen molar-refractivity contribution in [1.82, 2.24) is 4.98 Å². The lowest BCUT2D eigenvalue weighted by molar-refractivity contribution is 0.101. The molecule has 1 aromatic heterocycles. The number of carbonyl (C=O) groups is 1. The maximum atomic E-state index is 10.7. The first-order valence-corrected chi connectivity index (χ1v) is 2.85. The van der Waals surface area contributed by atoms with Gasteiger partial charge in [-0.15, -0.1) is 0 Å². The fourth-order valence-corrected chi connectivity index (χ4v) is 0.684. The summed E-state index contributed by atoms with van der Waals surface area (Å²) in [5.41, 5.74) is 0.315. The first-order valence-electron chi connectivity index (χ1n) is 2.85. The van der Waals surface area contributed by atoms with E-state index in [0.29, 0.717) is 5.56 Å². The van der Waals surface area contributed by atoms with E-state index in [2.05, 4.69) is 4.98 Å². The first kappa shape index (κ1) is 6.74. The molecule has 1 heterocycles. The van der Waals surface area contributed by atoms with Gasteiger partial charge in [0.05, 0.1) is 11.8 Å². The molecule has 0 atom stereocenters. The molecule has 0 aliphatic carbocycles. The molecule has 0 amide bonds. The Kier molecular flexibility index (Phi) is 1.67. The molecule has 3 nitrogen and oxygen atoms in total. The Hall–Kier alpha value is -1.38. The Bertz CT molecular complexity index is 258. The van der Waals surface area contributed by atoms with Crippen LogP contribution in [0.3, 0.4) is 0 Å². The minimum Gasteiger partial charge on any atom is -0.506 e. The molecule has 0 fully saturated rings. The van der Waals surface area contributed by atoms with Gasteiger partial charge in [-0.1, -0.05) is 0 Å². The van der Waals surface area contributed by atoms with Gasteiger partial charge >= 0.3 is 0 Å². The minimum atomic E-state index is -0.153. The van der Waals surface area contributed by atoms with Gasteiger partial charge in [0.1, 0.15) is 5.75 Å². The van der Waals surface area contributed by atoms with Crippen molar-refractivity contribution in [3.63, 3.8) is 0 Å². The average molecular weight is 137 g/mol. The number of aromatic nitrogens is 1. The standard InChI is InChI=1S/C7H7NO2/c1-5(9)6-2-3-8-4-7(6)10/h2-4,10H,1H3. The Morgan fingerprint density at radius 3 is 2.80 bits per heavy atom. The fraction of sp³-hybridized carbons (Fsp3) is 0.143. The van der Waals surface area contributed by atoms with Gasteiger partial charge in [0.15, 0.2) is 5.78 Å². The Morgan fingerprint density at radius 2 is 2.40 bits per heavy atom. The van der Waals surface area contributed by atoms with E-state index in [1.54, 1.807) is 0 Å². The summed E-state index contributed by atoms with van der Waals surface area (Å²) < 4.78 is 0. The predicted octanol–water partition coefficient (Wildman–Crippen LogP) is 0.990. The predicted molar refractivity (Wildman–Crippen MR) is 35.9 cm³/mol. The van der Waals surface area contributed by atoms with Crippen LogP contribution < -0.4 is 0 Å².